The lowest BCUT2D eigenvalue weighted by atomic mass is 10.2. The van der Waals surface area contributed by atoms with E-state index in [1.54, 1.807) is 17.8 Å². The first-order chi connectivity index (χ1) is 11.8. The highest BCUT2D eigenvalue weighted by atomic mass is 35.5. The van der Waals surface area contributed by atoms with E-state index in [-0.39, 0.29) is 23.3 Å². The zero-order valence-corrected chi connectivity index (χ0v) is 15.7. The van der Waals surface area contributed by atoms with E-state index in [1.807, 2.05) is 6.92 Å². The second-order valence-corrected chi connectivity index (χ2v) is 8.39. The summed E-state index contributed by atoms with van der Waals surface area (Å²) in [5.74, 6) is -0.754. The summed E-state index contributed by atoms with van der Waals surface area (Å²) in [6.07, 6.45) is 2.78. The molecule has 2 aromatic rings. The van der Waals surface area contributed by atoms with Crippen molar-refractivity contribution in [1.29, 1.82) is 0 Å². The Morgan fingerprint density at radius 3 is 3.04 bits per heavy atom. The van der Waals surface area contributed by atoms with Gasteiger partial charge in [-0.3, -0.25) is 4.57 Å². The Balaban J connectivity index is 1.71. The number of hydrogen-bond acceptors (Lipinski definition) is 7. The molecule has 0 amide bonds. The van der Waals surface area contributed by atoms with Crippen LogP contribution in [0.25, 0.3) is 11.2 Å². The number of nitrogen functional groups attached to an aromatic ring is 1. The standard InChI is InChI=1S/C14H21ClN5O4P/c1-3-8(2)24-25(21,22)10-5-4-9(23-10)6-20-7-17-11-12(15)18-14(16)19-13(11)20/h7-10H,3-6H2,1-2H3,(H,21,22)(H2,16,18,19). The highest BCUT2D eigenvalue weighted by Gasteiger charge is 2.41. The van der Waals surface area contributed by atoms with Crippen LogP contribution in [0.4, 0.5) is 5.95 Å². The van der Waals surface area contributed by atoms with E-state index < -0.39 is 13.4 Å². The SMILES string of the molecule is CCC(C)OP(=O)(O)C1CCC(Cn2cnc3c(Cl)nc(N)nc32)O1. The van der Waals surface area contributed by atoms with Crippen LogP contribution in [0.2, 0.25) is 5.15 Å². The molecule has 1 saturated heterocycles. The quantitative estimate of drug-likeness (QED) is 0.570. The van der Waals surface area contributed by atoms with E-state index in [2.05, 4.69) is 15.0 Å². The van der Waals surface area contributed by atoms with Crippen LogP contribution >= 0.6 is 19.2 Å². The zero-order valence-electron chi connectivity index (χ0n) is 14.0. The van der Waals surface area contributed by atoms with Crippen LogP contribution in [0.3, 0.4) is 0 Å². The second kappa shape index (κ2) is 7.17. The molecule has 9 nitrogen and oxygen atoms in total. The molecule has 1 aliphatic rings. The molecule has 4 atom stereocenters. The Labute approximate surface area is 150 Å². The fraction of sp³-hybridized carbons (Fsp3) is 0.643. The summed E-state index contributed by atoms with van der Waals surface area (Å²) in [5, 5.41) is 0.188. The molecule has 1 fully saturated rings. The molecule has 11 heteroatoms. The van der Waals surface area contributed by atoms with E-state index in [0.717, 1.165) is 0 Å². The predicted molar refractivity (Wildman–Crippen MR) is 93.3 cm³/mol. The van der Waals surface area contributed by atoms with Crippen molar-refractivity contribution < 1.29 is 18.7 Å². The van der Waals surface area contributed by atoms with Gasteiger partial charge in [-0.1, -0.05) is 18.5 Å². The molecule has 0 saturated carbocycles. The molecule has 0 spiro atoms. The van der Waals surface area contributed by atoms with Crippen LogP contribution in [-0.2, 0) is 20.4 Å². The molecule has 3 rings (SSSR count). The van der Waals surface area contributed by atoms with Crippen molar-refractivity contribution in [2.24, 2.45) is 0 Å². The average Bonchev–Trinajstić information content (AvgIpc) is 3.15. The highest BCUT2D eigenvalue weighted by Crippen LogP contribution is 2.54. The third-order valence-electron chi connectivity index (χ3n) is 4.19. The van der Waals surface area contributed by atoms with Crippen molar-refractivity contribution in [3.63, 3.8) is 0 Å². The first kappa shape index (κ1) is 18.5. The van der Waals surface area contributed by atoms with Gasteiger partial charge in [0.1, 0.15) is 5.52 Å². The molecule has 0 aliphatic carbocycles. The van der Waals surface area contributed by atoms with Gasteiger partial charge in [0.25, 0.3) is 0 Å². The lowest BCUT2D eigenvalue weighted by Crippen LogP contribution is -2.19. The third kappa shape index (κ3) is 3.96. The fourth-order valence-electron chi connectivity index (χ4n) is 2.74. The molecule has 0 bridgehead atoms. The van der Waals surface area contributed by atoms with Crippen LogP contribution in [-0.4, -0.2) is 42.5 Å². The lowest BCUT2D eigenvalue weighted by Gasteiger charge is -2.22. The van der Waals surface area contributed by atoms with Gasteiger partial charge >= 0.3 is 7.60 Å². The highest BCUT2D eigenvalue weighted by molar-refractivity contribution is 7.53. The number of aromatic nitrogens is 4. The van der Waals surface area contributed by atoms with Gasteiger partial charge in [0, 0.05) is 0 Å². The molecule has 1 aliphatic heterocycles. The number of hydrogen-bond donors (Lipinski definition) is 2. The van der Waals surface area contributed by atoms with Crippen LogP contribution in [0, 0.1) is 0 Å². The predicted octanol–water partition coefficient (Wildman–Crippen LogP) is 2.57. The largest absolute Gasteiger partial charge is 0.368 e. The molecule has 4 unspecified atom stereocenters. The maximum Gasteiger partial charge on any atom is 0.356 e. The first-order valence-electron chi connectivity index (χ1n) is 8.10. The Kier molecular flexibility index (Phi) is 5.31. The van der Waals surface area contributed by atoms with E-state index in [1.165, 1.54) is 0 Å². The molecular formula is C14H21ClN5O4P. The minimum Gasteiger partial charge on any atom is -0.368 e. The zero-order chi connectivity index (χ0) is 18.2. The minimum absolute atomic E-state index is 0.0614. The van der Waals surface area contributed by atoms with E-state index >= 15 is 0 Å². The molecule has 3 N–H and O–H groups in total. The van der Waals surface area contributed by atoms with Crippen molar-refractivity contribution in [3.05, 3.63) is 11.5 Å². The molecular weight excluding hydrogens is 369 g/mol. The summed E-state index contributed by atoms with van der Waals surface area (Å²) >= 11 is 6.01. The summed E-state index contributed by atoms with van der Waals surface area (Å²) < 4.78 is 25.2. The monoisotopic (exact) mass is 389 g/mol. The first-order valence-corrected chi connectivity index (χ1v) is 10.1. The Bertz CT molecular complexity index is 816. The second-order valence-electron chi connectivity index (χ2n) is 6.12. The van der Waals surface area contributed by atoms with Gasteiger partial charge in [0.05, 0.1) is 25.1 Å². The van der Waals surface area contributed by atoms with Crippen LogP contribution < -0.4 is 5.73 Å². The Morgan fingerprint density at radius 2 is 2.32 bits per heavy atom. The van der Waals surface area contributed by atoms with Gasteiger partial charge in [-0.25, -0.2) is 4.98 Å². The van der Waals surface area contributed by atoms with Crippen LogP contribution in [0.1, 0.15) is 33.1 Å². The number of imidazole rings is 1. The van der Waals surface area contributed by atoms with Gasteiger partial charge < -0.3 is 24.5 Å². The summed E-state index contributed by atoms with van der Waals surface area (Å²) in [6.45, 7) is 4.08. The maximum atomic E-state index is 12.4. The summed E-state index contributed by atoms with van der Waals surface area (Å²) in [6, 6.07) is 0. The topological polar surface area (TPSA) is 125 Å². The molecule has 0 radical (unpaired) electrons. The number of ether oxygens (including phenoxy) is 1. The van der Waals surface area contributed by atoms with E-state index in [0.29, 0.717) is 37.0 Å². The van der Waals surface area contributed by atoms with Gasteiger partial charge in [-0.2, -0.15) is 9.97 Å². The molecule has 0 aromatic carbocycles. The Morgan fingerprint density at radius 1 is 1.56 bits per heavy atom. The van der Waals surface area contributed by atoms with Crippen LogP contribution in [0.15, 0.2) is 6.33 Å². The third-order valence-corrected chi connectivity index (χ3v) is 6.23. The van der Waals surface area contributed by atoms with Crippen molar-refractivity contribution in [2.45, 2.75) is 57.7 Å². The van der Waals surface area contributed by atoms with Crippen molar-refractivity contribution in [2.75, 3.05) is 5.73 Å². The number of halogens is 1. The average molecular weight is 390 g/mol. The molecule has 138 valence electrons. The van der Waals surface area contributed by atoms with Gasteiger partial charge in [-0.15, -0.1) is 0 Å². The molecule has 2 aromatic heterocycles. The van der Waals surface area contributed by atoms with Crippen LogP contribution in [0.5, 0.6) is 0 Å². The fourth-order valence-corrected chi connectivity index (χ4v) is 4.56. The number of nitrogens with zero attached hydrogens (tertiary/aromatic N) is 4. The Hall–Kier alpha value is -1.25. The lowest BCUT2D eigenvalue weighted by molar-refractivity contribution is 0.0510. The van der Waals surface area contributed by atoms with E-state index in [9.17, 15) is 9.46 Å². The van der Waals surface area contributed by atoms with Crippen molar-refractivity contribution >= 4 is 36.3 Å². The number of anilines is 1. The number of rotatable bonds is 6. The van der Waals surface area contributed by atoms with Gasteiger partial charge in [-0.05, 0) is 26.2 Å². The number of nitrogens with two attached hydrogens (primary N) is 1. The molecule has 3 heterocycles. The smallest absolute Gasteiger partial charge is 0.356 e. The van der Waals surface area contributed by atoms with E-state index in [4.69, 9.17) is 26.6 Å². The van der Waals surface area contributed by atoms with Crippen molar-refractivity contribution in [1.82, 2.24) is 19.5 Å². The van der Waals surface area contributed by atoms with Crippen molar-refractivity contribution in [3.8, 4) is 0 Å². The summed E-state index contributed by atoms with van der Waals surface area (Å²) in [5.41, 5.74) is 6.60. The molecule has 25 heavy (non-hydrogen) atoms. The normalized spacial score (nSPS) is 24.5. The number of fused-ring (bicyclic) bond motifs is 1. The maximum absolute atomic E-state index is 12.4. The van der Waals surface area contributed by atoms with Gasteiger partial charge in [0.2, 0.25) is 5.95 Å². The summed E-state index contributed by atoms with van der Waals surface area (Å²) in [4.78, 5) is 22.3. The minimum atomic E-state index is -3.82. The summed E-state index contributed by atoms with van der Waals surface area (Å²) in [7, 11) is -3.82. The van der Waals surface area contributed by atoms with Gasteiger partial charge in [0.15, 0.2) is 16.6 Å².